The van der Waals surface area contributed by atoms with E-state index in [4.69, 9.17) is 0 Å². The highest BCUT2D eigenvalue weighted by molar-refractivity contribution is 6.22. The molecule has 0 saturated heterocycles. The number of nitrogens with one attached hydrogen (secondary N) is 1. The number of rotatable bonds is 1. The first-order chi connectivity index (χ1) is 12.3. The van der Waals surface area contributed by atoms with Crippen LogP contribution in [0.15, 0.2) is 78.9 Å². The van der Waals surface area contributed by atoms with Crippen LogP contribution in [0, 0.1) is 11.3 Å². The molecule has 1 aromatic heterocycles. The molecule has 0 radical (unpaired) electrons. The van der Waals surface area contributed by atoms with Crippen LogP contribution in [-0.4, -0.2) is 4.98 Å². The zero-order chi connectivity index (χ0) is 16.8. The van der Waals surface area contributed by atoms with E-state index in [9.17, 15) is 5.26 Å². The Morgan fingerprint density at radius 3 is 2.44 bits per heavy atom. The maximum atomic E-state index is 9.27. The van der Waals surface area contributed by atoms with Crippen molar-refractivity contribution < 1.29 is 0 Å². The topological polar surface area (TPSA) is 39.6 Å². The van der Waals surface area contributed by atoms with Gasteiger partial charge in [0.05, 0.1) is 17.1 Å². The molecule has 25 heavy (non-hydrogen) atoms. The van der Waals surface area contributed by atoms with E-state index in [1.54, 1.807) is 0 Å². The number of benzene rings is 4. The fourth-order valence-electron chi connectivity index (χ4n) is 3.69. The lowest BCUT2D eigenvalue weighted by Gasteiger charge is -2.09. The largest absolute Gasteiger partial charge is 0.354 e. The van der Waals surface area contributed by atoms with Gasteiger partial charge in [0.1, 0.15) is 0 Å². The van der Waals surface area contributed by atoms with E-state index in [1.807, 2.05) is 18.2 Å². The van der Waals surface area contributed by atoms with Crippen LogP contribution in [0.1, 0.15) is 5.56 Å². The third-order valence-corrected chi connectivity index (χ3v) is 4.81. The highest BCUT2D eigenvalue weighted by Gasteiger charge is 2.14. The molecule has 2 nitrogen and oxygen atoms in total. The molecule has 4 aromatic carbocycles. The number of hydrogen-bond donors (Lipinski definition) is 1. The predicted molar refractivity (Wildman–Crippen MR) is 103 cm³/mol. The lowest BCUT2D eigenvalue weighted by molar-refractivity contribution is 1.48. The van der Waals surface area contributed by atoms with Crippen molar-refractivity contribution in [1.29, 1.82) is 5.26 Å². The summed E-state index contributed by atoms with van der Waals surface area (Å²) in [6, 6.07) is 29.1. The number of fused-ring (bicyclic) bond motifs is 5. The van der Waals surface area contributed by atoms with Gasteiger partial charge in [-0.1, -0.05) is 54.6 Å². The molecule has 116 valence electrons. The lowest BCUT2D eigenvalue weighted by atomic mass is 9.94. The van der Waals surface area contributed by atoms with E-state index in [-0.39, 0.29) is 0 Å². The molecule has 0 spiro atoms. The van der Waals surface area contributed by atoms with Crippen LogP contribution in [0.3, 0.4) is 0 Å². The van der Waals surface area contributed by atoms with Gasteiger partial charge in [-0.3, -0.25) is 0 Å². The molecule has 0 unspecified atom stereocenters. The van der Waals surface area contributed by atoms with E-state index in [0.717, 1.165) is 22.2 Å². The van der Waals surface area contributed by atoms with Gasteiger partial charge in [-0.2, -0.15) is 5.26 Å². The van der Waals surface area contributed by atoms with E-state index in [1.165, 1.54) is 21.5 Å². The number of H-pyrrole nitrogens is 1. The van der Waals surface area contributed by atoms with Crippen molar-refractivity contribution in [2.24, 2.45) is 0 Å². The summed E-state index contributed by atoms with van der Waals surface area (Å²) in [6.07, 6.45) is 0. The average Bonchev–Trinajstić information content (AvgIpc) is 3.07. The SMILES string of the molecule is N#Cc1cccc(-c2cc3ccccc3c3[nH]c4ccccc4c23)c1. The zero-order valence-electron chi connectivity index (χ0n) is 13.5. The summed E-state index contributed by atoms with van der Waals surface area (Å²) < 4.78 is 0. The van der Waals surface area contributed by atoms with E-state index < -0.39 is 0 Å². The summed E-state index contributed by atoms with van der Waals surface area (Å²) in [6.45, 7) is 0. The lowest BCUT2D eigenvalue weighted by Crippen LogP contribution is -1.84. The summed E-state index contributed by atoms with van der Waals surface area (Å²) in [5.74, 6) is 0. The monoisotopic (exact) mass is 318 g/mol. The number of para-hydroxylation sites is 1. The van der Waals surface area contributed by atoms with Crippen LogP contribution in [0.5, 0.6) is 0 Å². The van der Waals surface area contributed by atoms with Gasteiger partial charge >= 0.3 is 0 Å². The predicted octanol–water partition coefficient (Wildman–Crippen LogP) is 6.01. The molecule has 0 aliphatic carbocycles. The maximum Gasteiger partial charge on any atom is 0.0991 e. The Morgan fingerprint density at radius 1 is 0.760 bits per heavy atom. The van der Waals surface area contributed by atoms with Crippen molar-refractivity contribution >= 4 is 32.6 Å². The Bertz CT molecular complexity index is 1300. The molecule has 0 saturated carbocycles. The van der Waals surface area contributed by atoms with Gasteiger partial charge in [-0.15, -0.1) is 0 Å². The second-order valence-corrected chi connectivity index (χ2v) is 6.26. The molecular formula is C23H14N2. The van der Waals surface area contributed by atoms with E-state index in [0.29, 0.717) is 5.56 Å². The standard InChI is InChI=1S/C23H14N2/c24-14-15-6-5-8-16(12-15)20-13-17-7-1-2-9-18(17)23-22(20)19-10-3-4-11-21(19)25-23/h1-13,25H. The van der Waals surface area contributed by atoms with Gasteiger partial charge in [0, 0.05) is 21.7 Å². The minimum absolute atomic E-state index is 0.679. The van der Waals surface area contributed by atoms with E-state index >= 15 is 0 Å². The first kappa shape index (κ1) is 13.8. The Balaban J connectivity index is 2.01. The second kappa shape index (κ2) is 5.22. The third kappa shape index (κ3) is 2.03. The Labute approximate surface area is 145 Å². The van der Waals surface area contributed by atoms with Crippen LogP contribution in [-0.2, 0) is 0 Å². The Morgan fingerprint density at radius 2 is 1.56 bits per heavy atom. The molecule has 2 heteroatoms. The van der Waals surface area contributed by atoms with E-state index in [2.05, 4.69) is 71.7 Å². The molecule has 0 fully saturated rings. The van der Waals surface area contributed by atoms with Crippen molar-refractivity contribution in [3.05, 3.63) is 84.4 Å². The highest BCUT2D eigenvalue weighted by atomic mass is 14.7. The smallest absolute Gasteiger partial charge is 0.0991 e. The molecule has 1 heterocycles. The van der Waals surface area contributed by atoms with Gasteiger partial charge in [0.2, 0.25) is 0 Å². The van der Waals surface area contributed by atoms with Gasteiger partial charge < -0.3 is 4.98 Å². The summed E-state index contributed by atoms with van der Waals surface area (Å²) in [7, 11) is 0. The van der Waals surface area contributed by atoms with Crippen molar-refractivity contribution in [2.45, 2.75) is 0 Å². The zero-order valence-corrected chi connectivity index (χ0v) is 13.5. The van der Waals surface area contributed by atoms with Crippen molar-refractivity contribution in [2.75, 3.05) is 0 Å². The van der Waals surface area contributed by atoms with Crippen LogP contribution in [0.4, 0.5) is 0 Å². The maximum absolute atomic E-state index is 9.27. The minimum atomic E-state index is 0.679. The molecule has 5 rings (SSSR count). The minimum Gasteiger partial charge on any atom is -0.354 e. The molecule has 5 aromatic rings. The molecule has 0 aliphatic heterocycles. The molecular weight excluding hydrogens is 304 g/mol. The average molecular weight is 318 g/mol. The summed E-state index contributed by atoms with van der Waals surface area (Å²) in [5, 5.41) is 14.1. The van der Waals surface area contributed by atoms with Crippen molar-refractivity contribution in [3.63, 3.8) is 0 Å². The highest BCUT2D eigenvalue weighted by Crippen LogP contribution is 2.39. The first-order valence-electron chi connectivity index (χ1n) is 8.28. The van der Waals surface area contributed by atoms with Gasteiger partial charge in [0.25, 0.3) is 0 Å². The fourth-order valence-corrected chi connectivity index (χ4v) is 3.69. The quantitative estimate of drug-likeness (QED) is 0.404. The molecule has 1 N–H and O–H groups in total. The van der Waals surface area contributed by atoms with Gasteiger partial charge in [0.15, 0.2) is 0 Å². The number of nitrogens with zero attached hydrogens (tertiary/aromatic N) is 1. The summed E-state index contributed by atoms with van der Waals surface area (Å²) in [4.78, 5) is 3.59. The van der Waals surface area contributed by atoms with Crippen LogP contribution in [0.2, 0.25) is 0 Å². The second-order valence-electron chi connectivity index (χ2n) is 6.26. The van der Waals surface area contributed by atoms with Crippen molar-refractivity contribution in [3.8, 4) is 17.2 Å². The number of aromatic amines is 1. The van der Waals surface area contributed by atoms with Gasteiger partial charge in [-0.25, -0.2) is 0 Å². The third-order valence-electron chi connectivity index (χ3n) is 4.81. The van der Waals surface area contributed by atoms with Crippen LogP contribution >= 0.6 is 0 Å². The summed E-state index contributed by atoms with van der Waals surface area (Å²) in [5.41, 5.74) is 5.18. The molecule has 0 amide bonds. The fraction of sp³-hybridized carbons (Fsp3) is 0. The normalized spacial score (nSPS) is 11.2. The van der Waals surface area contributed by atoms with Crippen LogP contribution in [0.25, 0.3) is 43.7 Å². The Hall–Kier alpha value is -3.57. The molecule has 0 atom stereocenters. The van der Waals surface area contributed by atoms with Crippen LogP contribution < -0.4 is 0 Å². The first-order valence-corrected chi connectivity index (χ1v) is 8.28. The van der Waals surface area contributed by atoms with Gasteiger partial charge in [-0.05, 0) is 40.8 Å². The van der Waals surface area contributed by atoms with Crippen molar-refractivity contribution in [1.82, 2.24) is 4.98 Å². The number of nitriles is 1. The summed E-state index contributed by atoms with van der Waals surface area (Å²) >= 11 is 0. The number of aromatic nitrogens is 1. The number of hydrogen-bond acceptors (Lipinski definition) is 1. The molecule has 0 bridgehead atoms. The molecule has 0 aliphatic rings. The Kier molecular flexibility index (Phi) is 2.89.